The van der Waals surface area contributed by atoms with Crippen LogP contribution in [0.2, 0.25) is 0 Å². The van der Waals surface area contributed by atoms with E-state index in [4.69, 9.17) is 5.73 Å². The van der Waals surface area contributed by atoms with Crippen LogP contribution in [0.3, 0.4) is 0 Å². The fraction of sp³-hybridized carbons (Fsp3) is 0.0625. The van der Waals surface area contributed by atoms with Crippen molar-refractivity contribution in [3.05, 3.63) is 71.7 Å². The number of halogens is 1. The number of nitrogens with two attached hydrogens (primary N) is 1. The van der Waals surface area contributed by atoms with Gasteiger partial charge in [0, 0.05) is 23.7 Å². The number of para-hydroxylation sites is 1. The van der Waals surface area contributed by atoms with Crippen LogP contribution >= 0.6 is 0 Å². The number of aromatic nitrogens is 1. The number of nitrogens with zero attached hydrogens (tertiary/aromatic N) is 1. The van der Waals surface area contributed by atoms with Crippen molar-refractivity contribution in [1.82, 2.24) is 4.98 Å². The van der Waals surface area contributed by atoms with Gasteiger partial charge in [0.05, 0.1) is 5.52 Å². The number of anilines is 1. The summed E-state index contributed by atoms with van der Waals surface area (Å²) in [5.41, 5.74) is 9.37. The third kappa shape index (κ3) is 2.27. The molecule has 2 nitrogen and oxygen atoms in total. The van der Waals surface area contributed by atoms with Crippen molar-refractivity contribution in [2.45, 2.75) is 6.42 Å². The molecular formula is C16H13FN2. The Morgan fingerprint density at radius 2 is 1.84 bits per heavy atom. The molecule has 1 aromatic heterocycles. The van der Waals surface area contributed by atoms with Crippen molar-refractivity contribution in [2.24, 2.45) is 0 Å². The molecule has 0 aliphatic heterocycles. The van der Waals surface area contributed by atoms with Gasteiger partial charge in [0.15, 0.2) is 0 Å². The first kappa shape index (κ1) is 11.7. The van der Waals surface area contributed by atoms with Crippen LogP contribution in [0.25, 0.3) is 10.9 Å². The van der Waals surface area contributed by atoms with Crippen molar-refractivity contribution >= 4 is 16.6 Å². The Morgan fingerprint density at radius 1 is 1.00 bits per heavy atom. The summed E-state index contributed by atoms with van der Waals surface area (Å²) in [6.45, 7) is 0. The maximum atomic E-state index is 13.0. The zero-order chi connectivity index (χ0) is 13.2. The molecule has 2 aromatic carbocycles. The van der Waals surface area contributed by atoms with Crippen LogP contribution in [0.15, 0.2) is 54.7 Å². The molecule has 3 heteroatoms. The van der Waals surface area contributed by atoms with Crippen molar-refractivity contribution in [3.8, 4) is 0 Å². The zero-order valence-electron chi connectivity index (χ0n) is 10.3. The molecule has 19 heavy (non-hydrogen) atoms. The molecule has 0 aliphatic carbocycles. The van der Waals surface area contributed by atoms with E-state index >= 15 is 0 Å². The second-order valence-corrected chi connectivity index (χ2v) is 4.51. The van der Waals surface area contributed by atoms with Gasteiger partial charge in [-0.25, -0.2) is 4.39 Å². The van der Waals surface area contributed by atoms with Crippen LogP contribution in [0.4, 0.5) is 10.1 Å². The van der Waals surface area contributed by atoms with Gasteiger partial charge >= 0.3 is 0 Å². The topological polar surface area (TPSA) is 38.9 Å². The first-order chi connectivity index (χ1) is 9.24. The molecule has 1 heterocycles. The summed E-state index contributed by atoms with van der Waals surface area (Å²) in [6.07, 6.45) is 2.46. The largest absolute Gasteiger partial charge is 0.398 e. The molecule has 0 atom stereocenters. The molecular weight excluding hydrogens is 239 g/mol. The summed E-state index contributed by atoms with van der Waals surface area (Å²) in [6, 6.07) is 14.5. The van der Waals surface area contributed by atoms with Crippen LogP contribution in [0.5, 0.6) is 0 Å². The Labute approximate surface area is 110 Å². The van der Waals surface area contributed by atoms with Gasteiger partial charge in [-0.15, -0.1) is 0 Å². The molecule has 0 aliphatic rings. The quantitative estimate of drug-likeness (QED) is 0.708. The minimum absolute atomic E-state index is 0.305. The SMILES string of the molecule is Nc1cc(F)ccc1Cc1ccnc2ccccc12. The van der Waals surface area contributed by atoms with Crippen LogP contribution < -0.4 is 5.73 Å². The standard InChI is InChI=1S/C16H13FN2/c17-13-6-5-12(15(18)10-13)9-11-7-8-19-16-4-2-1-3-14(11)16/h1-8,10H,9,18H2. The molecule has 0 amide bonds. The lowest BCUT2D eigenvalue weighted by atomic mass is 10.00. The highest BCUT2D eigenvalue weighted by Gasteiger charge is 2.06. The maximum absolute atomic E-state index is 13.0. The second kappa shape index (κ2) is 4.69. The van der Waals surface area contributed by atoms with Gasteiger partial charge in [-0.05, 0) is 35.4 Å². The van der Waals surface area contributed by atoms with Gasteiger partial charge in [0.1, 0.15) is 5.82 Å². The lowest BCUT2D eigenvalue weighted by Crippen LogP contribution is -1.97. The number of fused-ring (bicyclic) bond motifs is 1. The van der Waals surface area contributed by atoms with E-state index < -0.39 is 0 Å². The monoisotopic (exact) mass is 252 g/mol. The molecule has 0 saturated heterocycles. The minimum atomic E-state index is -0.305. The molecule has 3 rings (SSSR count). The number of rotatable bonds is 2. The lowest BCUT2D eigenvalue weighted by molar-refractivity contribution is 0.628. The predicted octanol–water partition coefficient (Wildman–Crippen LogP) is 3.55. The number of nitrogen functional groups attached to an aromatic ring is 1. The number of hydrogen-bond donors (Lipinski definition) is 1. The average molecular weight is 252 g/mol. The molecule has 0 fully saturated rings. The third-order valence-electron chi connectivity index (χ3n) is 3.23. The van der Waals surface area contributed by atoms with E-state index in [0.717, 1.165) is 22.0 Å². The van der Waals surface area contributed by atoms with Crippen molar-refractivity contribution < 1.29 is 4.39 Å². The van der Waals surface area contributed by atoms with E-state index in [1.807, 2.05) is 30.3 Å². The molecule has 2 N–H and O–H groups in total. The molecule has 0 unspecified atom stereocenters. The number of benzene rings is 2. The molecule has 94 valence electrons. The lowest BCUT2D eigenvalue weighted by Gasteiger charge is -2.08. The fourth-order valence-electron chi connectivity index (χ4n) is 2.24. The van der Waals surface area contributed by atoms with Crippen LogP contribution in [-0.4, -0.2) is 4.98 Å². The smallest absolute Gasteiger partial charge is 0.125 e. The van der Waals surface area contributed by atoms with Gasteiger partial charge in [0.2, 0.25) is 0 Å². The maximum Gasteiger partial charge on any atom is 0.125 e. The highest BCUT2D eigenvalue weighted by atomic mass is 19.1. The van der Waals surface area contributed by atoms with E-state index in [9.17, 15) is 4.39 Å². The Balaban J connectivity index is 2.06. The Hall–Kier alpha value is -2.42. The number of pyridine rings is 1. The zero-order valence-corrected chi connectivity index (χ0v) is 10.3. The Morgan fingerprint density at radius 3 is 2.68 bits per heavy atom. The van der Waals surface area contributed by atoms with E-state index in [1.165, 1.54) is 12.1 Å². The van der Waals surface area contributed by atoms with Crippen LogP contribution in [-0.2, 0) is 6.42 Å². The molecule has 0 radical (unpaired) electrons. The first-order valence-corrected chi connectivity index (χ1v) is 6.10. The normalized spacial score (nSPS) is 10.8. The average Bonchev–Trinajstić information content (AvgIpc) is 2.42. The molecule has 3 aromatic rings. The van der Waals surface area contributed by atoms with E-state index in [-0.39, 0.29) is 5.82 Å². The van der Waals surface area contributed by atoms with Crippen molar-refractivity contribution in [2.75, 3.05) is 5.73 Å². The van der Waals surface area contributed by atoms with Crippen molar-refractivity contribution in [1.29, 1.82) is 0 Å². The Bertz CT molecular complexity index is 732. The molecule has 0 bridgehead atoms. The summed E-state index contributed by atoms with van der Waals surface area (Å²) in [4.78, 5) is 4.33. The van der Waals surface area contributed by atoms with E-state index in [1.54, 1.807) is 12.3 Å². The highest BCUT2D eigenvalue weighted by Crippen LogP contribution is 2.22. The summed E-state index contributed by atoms with van der Waals surface area (Å²) in [5.74, 6) is -0.305. The highest BCUT2D eigenvalue weighted by molar-refractivity contribution is 5.82. The van der Waals surface area contributed by atoms with Crippen molar-refractivity contribution in [3.63, 3.8) is 0 Å². The van der Waals surface area contributed by atoms with Crippen LogP contribution in [0.1, 0.15) is 11.1 Å². The summed E-state index contributed by atoms with van der Waals surface area (Å²) < 4.78 is 13.0. The molecule has 0 saturated carbocycles. The second-order valence-electron chi connectivity index (χ2n) is 4.51. The Kier molecular flexibility index (Phi) is 2.88. The van der Waals surface area contributed by atoms with Gasteiger partial charge in [0.25, 0.3) is 0 Å². The van der Waals surface area contributed by atoms with Gasteiger partial charge in [-0.1, -0.05) is 24.3 Å². The fourth-order valence-corrected chi connectivity index (χ4v) is 2.24. The molecule has 0 spiro atoms. The minimum Gasteiger partial charge on any atom is -0.398 e. The predicted molar refractivity (Wildman–Crippen MR) is 75.4 cm³/mol. The van der Waals surface area contributed by atoms with Gasteiger partial charge in [-0.2, -0.15) is 0 Å². The van der Waals surface area contributed by atoms with Crippen LogP contribution in [0, 0.1) is 5.82 Å². The van der Waals surface area contributed by atoms with Gasteiger partial charge in [-0.3, -0.25) is 4.98 Å². The number of hydrogen-bond acceptors (Lipinski definition) is 2. The van der Waals surface area contributed by atoms with Gasteiger partial charge < -0.3 is 5.73 Å². The third-order valence-corrected chi connectivity index (χ3v) is 3.23. The first-order valence-electron chi connectivity index (χ1n) is 6.10. The summed E-state index contributed by atoms with van der Waals surface area (Å²) >= 11 is 0. The van der Waals surface area contributed by atoms with E-state index in [0.29, 0.717) is 12.1 Å². The summed E-state index contributed by atoms with van der Waals surface area (Å²) in [7, 11) is 0. The van der Waals surface area contributed by atoms with E-state index in [2.05, 4.69) is 4.98 Å². The summed E-state index contributed by atoms with van der Waals surface area (Å²) in [5, 5.41) is 1.11.